The maximum absolute atomic E-state index is 14.1. The molecule has 1 aliphatic heterocycles. The van der Waals surface area contributed by atoms with E-state index in [1.54, 1.807) is 83.0 Å². The van der Waals surface area contributed by atoms with E-state index in [0.29, 0.717) is 95.2 Å². The van der Waals surface area contributed by atoms with Gasteiger partial charge in [-0.25, -0.2) is 47.5 Å². The summed E-state index contributed by atoms with van der Waals surface area (Å²) in [5.41, 5.74) is 1.14. The Morgan fingerprint density at radius 2 is 0.664 bits per heavy atom. The summed E-state index contributed by atoms with van der Waals surface area (Å²) >= 11 is 9.83. The fraction of sp³-hybridized carbons (Fsp3) is 0.573. The molecule has 16 rings (SSSR count). The van der Waals surface area contributed by atoms with E-state index in [4.69, 9.17) is 4.74 Å². The van der Waals surface area contributed by atoms with E-state index in [1.165, 1.54) is 38.3 Å². The number of carboxylic acid groups (broad SMARTS) is 4. The van der Waals surface area contributed by atoms with Crippen LogP contribution in [0.15, 0.2) is 123 Å². The molecule has 0 atom stereocenters. The third kappa shape index (κ3) is 33.4. The van der Waals surface area contributed by atoms with Gasteiger partial charge in [0.1, 0.15) is 30.0 Å². The molecule has 7 aliphatic carbocycles. The Morgan fingerprint density at radius 1 is 0.362 bits per heavy atom. The van der Waals surface area contributed by atoms with Crippen molar-refractivity contribution in [3.05, 3.63) is 148 Å². The van der Waals surface area contributed by atoms with E-state index < -0.39 is 33.9 Å². The molecular formula is C117H149N9O15S8. The van der Waals surface area contributed by atoms with Crippen LogP contribution in [0.3, 0.4) is 0 Å². The molecule has 0 radical (unpaired) electrons. The van der Waals surface area contributed by atoms with Crippen LogP contribution in [-0.2, 0) is 29.2 Å². The third-order valence-corrected chi connectivity index (χ3v) is 38.4. The molecule has 4 N–H and O–H groups in total. The van der Waals surface area contributed by atoms with Crippen molar-refractivity contribution in [1.82, 2.24) is 24.2 Å². The Hall–Kier alpha value is -9.71. The largest absolute Gasteiger partial charge is 0.477 e. The van der Waals surface area contributed by atoms with Gasteiger partial charge in [-0.15, -0.1) is 56.7 Å². The van der Waals surface area contributed by atoms with Crippen LogP contribution < -0.4 is 24.3 Å². The molecular weight excluding hydrogens is 2030 g/mol. The van der Waals surface area contributed by atoms with Gasteiger partial charge in [-0.3, -0.25) is 19.2 Å². The number of pyridine rings is 1. The number of piperidine rings is 1. The number of hydrogen-bond donors (Lipinski definition) is 4. The van der Waals surface area contributed by atoms with E-state index in [0.717, 1.165) is 201 Å². The standard InChI is InChI=1S/C30H38N2O5S2.C30H38N2O4S.C29H37N3O3S2.C28H36N2O3S3/c1-21-10-12-22(13-11-21)28(33)32(26-20-24(14-17-30(2,3)4)38-27(26)29(34)35)23-15-18-31(19-16-23)39(36,37)25-8-6-5-7-9-25;1-20-8-10-21(11-9-20)28(33)32(22-12-14-23(15-13-22)36-26-7-5-6-18-31-26)25-19-24(16-17-30(2,3)4)37-27(25)29(34)35;1-19-6-8-20(9-7-19)26(33)32(21-10-12-22(13-11-21)37-28-30-16-5-17-31-28)24-18-23(14-15-29(2,3)4)36-25(24)27(34)35;1-18-5-7-19(8-6-18)25(31)30(20-9-11-21(12-10-20)36-27-29-15-16-34-27)23-17-22(13-14-28(2,3)4)35-24(23)26(32)33/h5-9,20-23H,10-13,15-16,18-19H2,1-4H3,(H,34,35);5-7,18-23H,8-15H2,1-4H3,(H,34,35);5,16-22H,6-13H2,1-4H3,(H,34,35);15-21H,5-12H2,1-4H3,(H,32,33). The number of rotatable bonds is 24. The molecule has 149 heavy (non-hydrogen) atoms. The highest BCUT2D eigenvalue weighted by Gasteiger charge is 2.45. The number of hydrogen-bond acceptors (Lipinski definition) is 22. The maximum atomic E-state index is 14.1. The molecule has 7 aromatic heterocycles. The van der Waals surface area contributed by atoms with Crippen molar-refractivity contribution >= 4 is 160 Å². The lowest BCUT2D eigenvalue weighted by molar-refractivity contribution is -0.125. The average Bonchev–Trinajstić information content (AvgIpc) is 1.49. The smallest absolute Gasteiger partial charge is 0.348 e. The number of carboxylic acids is 4. The molecule has 0 spiro atoms. The second-order valence-corrected chi connectivity index (χ2v) is 55.6. The first-order valence-electron chi connectivity index (χ1n) is 53.2. The Bertz CT molecular complexity index is 6080. The number of ether oxygens (including phenoxy) is 1. The third-order valence-electron chi connectivity index (χ3n) is 28.9. The van der Waals surface area contributed by atoms with Crippen LogP contribution in [-0.4, -0.2) is 154 Å². The number of benzene rings is 1. The fourth-order valence-corrected chi connectivity index (χ4v) is 28.7. The number of sulfonamides is 1. The molecule has 1 saturated heterocycles. The van der Waals surface area contributed by atoms with Crippen molar-refractivity contribution in [2.75, 3.05) is 32.7 Å². The lowest BCUT2D eigenvalue weighted by atomic mass is 9.81. The number of nitrogens with zero attached hydrogens (tertiary/aromatic N) is 9. The molecule has 1 aromatic carbocycles. The van der Waals surface area contributed by atoms with Gasteiger partial charge in [0.15, 0.2) is 5.16 Å². The fourth-order valence-electron chi connectivity index (χ4n) is 20.7. The molecule has 7 saturated carbocycles. The van der Waals surface area contributed by atoms with Crippen molar-refractivity contribution < 1.29 is 71.9 Å². The van der Waals surface area contributed by atoms with Gasteiger partial charge in [0.05, 0.1) is 47.2 Å². The molecule has 32 heteroatoms. The lowest BCUT2D eigenvalue weighted by Gasteiger charge is -2.40. The zero-order valence-corrected chi connectivity index (χ0v) is 95.8. The number of thioether (sulfide) groups is 2. The number of carbonyl (C=O) groups excluding carboxylic acids is 4. The van der Waals surface area contributed by atoms with Gasteiger partial charge in [-0.05, 0) is 348 Å². The summed E-state index contributed by atoms with van der Waals surface area (Å²) in [7, 11) is -3.64. The highest BCUT2D eigenvalue weighted by Crippen LogP contribution is 2.48. The minimum absolute atomic E-state index is 0.0149. The molecule has 0 bridgehead atoms. The molecule has 8 heterocycles. The van der Waals surface area contributed by atoms with Crippen LogP contribution in [0.25, 0.3) is 0 Å². The van der Waals surface area contributed by atoms with Gasteiger partial charge in [0, 0.05) is 129 Å². The number of anilines is 4. The zero-order valence-electron chi connectivity index (χ0n) is 89.3. The first kappa shape index (κ1) is 116. The number of thiazole rings is 1. The maximum Gasteiger partial charge on any atom is 0.348 e. The normalized spacial score (nSPS) is 23.4. The Balaban J connectivity index is 0.000000166. The summed E-state index contributed by atoms with van der Waals surface area (Å²) in [5.74, 6) is 24.3. The van der Waals surface area contributed by atoms with E-state index in [2.05, 4.69) is 95.0 Å². The minimum Gasteiger partial charge on any atom is -0.477 e. The van der Waals surface area contributed by atoms with Gasteiger partial charge in [0.25, 0.3) is 0 Å². The van der Waals surface area contributed by atoms with Crippen LogP contribution in [0.1, 0.15) is 362 Å². The van der Waals surface area contributed by atoms with Crippen molar-refractivity contribution in [3.8, 4) is 53.2 Å². The highest BCUT2D eigenvalue weighted by atomic mass is 32.2. The van der Waals surface area contributed by atoms with E-state index in [-0.39, 0.29) is 137 Å². The summed E-state index contributed by atoms with van der Waals surface area (Å²) in [5, 5.41) is 44.0. The van der Waals surface area contributed by atoms with E-state index >= 15 is 0 Å². The monoisotopic (exact) mass is 2180 g/mol. The number of aromatic nitrogens is 4. The first-order chi connectivity index (χ1) is 70.7. The first-order valence-corrected chi connectivity index (χ1v) is 60.6. The van der Waals surface area contributed by atoms with Crippen molar-refractivity contribution in [2.24, 2.45) is 69.0 Å². The predicted molar refractivity (Wildman–Crippen MR) is 602 cm³/mol. The number of thiophene rings is 4. The van der Waals surface area contributed by atoms with Crippen LogP contribution in [0.5, 0.6) is 5.88 Å². The number of carbonyl (C=O) groups is 8. The van der Waals surface area contributed by atoms with Crippen molar-refractivity contribution in [1.29, 1.82) is 0 Å². The van der Waals surface area contributed by atoms with Gasteiger partial charge in [-0.1, -0.05) is 123 Å². The van der Waals surface area contributed by atoms with Crippen molar-refractivity contribution in [3.63, 3.8) is 0 Å². The van der Waals surface area contributed by atoms with Crippen LogP contribution >= 0.6 is 80.2 Å². The predicted octanol–water partition coefficient (Wildman–Crippen LogP) is 27.1. The summed E-state index contributed by atoms with van der Waals surface area (Å²) in [6.07, 6.45) is 33.3. The molecule has 4 amide bonds. The van der Waals surface area contributed by atoms with Gasteiger partial charge >= 0.3 is 23.9 Å². The summed E-state index contributed by atoms with van der Waals surface area (Å²) < 4.78 is 35.0. The summed E-state index contributed by atoms with van der Waals surface area (Å²) in [6.45, 7) is 33.7. The van der Waals surface area contributed by atoms with E-state index in [1.807, 2.05) is 164 Å². The molecule has 0 unspecified atom stereocenters. The number of aromatic carboxylic acids is 4. The lowest BCUT2D eigenvalue weighted by Crippen LogP contribution is -2.51. The minimum atomic E-state index is -3.64. The summed E-state index contributed by atoms with van der Waals surface area (Å²) in [4.78, 5) is 134. The van der Waals surface area contributed by atoms with Crippen LogP contribution in [0.2, 0.25) is 0 Å². The quantitative estimate of drug-likeness (QED) is 0.0322. The number of amides is 4. The Morgan fingerprint density at radius 3 is 0.960 bits per heavy atom. The summed E-state index contributed by atoms with van der Waals surface area (Å²) in [6, 6.07) is 22.7. The highest BCUT2D eigenvalue weighted by molar-refractivity contribution is 8.01. The second-order valence-electron chi connectivity index (χ2n) is 45.8. The molecule has 8 aromatic rings. The Labute approximate surface area is 911 Å². The topological polar surface area (TPSA) is 329 Å². The van der Waals surface area contributed by atoms with Gasteiger partial charge in [-0.2, -0.15) is 4.31 Å². The molecule has 800 valence electrons. The SMILES string of the molecule is CC1CCC(C(=O)N(c2cc(C#CC(C)(C)C)sc2C(=O)O)C2CCC(Oc3ccccn3)CC2)CC1.CC1CCC(C(=O)N(c2cc(C#CC(C)(C)C)sc2C(=O)O)C2CCC(Sc3ncccn3)CC2)CC1.CC1CCC(C(=O)N(c2cc(C#CC(C)(C)C)sc2C(=O)O)C2CCC(Sc3nccs3)CC2)CC1.CC1CCC(C(=O)N(c2cc(C#CC(C)(C)C)sc2C(=O)O)C2CCN(S(=O)(=O)c3ccccc3)CC2)CC1. The molecule has 8 aliphatic rings. The van der Waals surface area contributed by atoms with Crippen LogP contribution in [0.4, 0.5) is 22.7 Å². The molecule has 24 nitrogen and oxygen atoms in total. The Kier molecular flexibility index (Phi) is 41.2. The van der Waals surface area contributed by atoms with Crippen LogP contribution in [0, 0.1) is 116 Å². The van der Waals surface area contributed by atoms with E-state index in [9.17, 15) is 67.2 Å². The van der Waals surface area contributed by atoms with Gasteiger partial charge in [0.2, 0.25) is 39.5 Å². The van der Waals surface area contributed by atoms with Crippen molar-refractivity contribution in [2.45, 2.75) is 359 Å². The second kappa shape index (κ2) is 52.8. The average molecular weight is 2180 g/mol. The zero-order chi connectivity index (χ0) is 107. The molecule has 8 fully saturated rings. The van der Waals surface area contributed by atoms with Gasteiger partial charge < -0.3 is 44.8 Å².